The predicted molar refractivity (Wildman–Crippen MR) is 153 cm³/mol. The van der Waals surface area contributed by atoms with Gasteiger partial charge in [0.2, 0.25) is 5.91 Å². The lowest BCUT2D eigenvalue weighted by Gasteiger charge is -2.11. The van der Waals surface area contributed by atoms with E-state index in [1.807, 2.05) is 39.8 Å². The van der Waals surface area contributed by atoms with E-state index in [0.717, 1.165) is 42.8 Å². The molecule has 0 aromatic heterocycles. The predicted octanol–water partition coefficient (Wildman–Crippen LogP) is 9.66. The SMILES string of the molecule is C=C(CCCCCCCCC(=O)Nc1cc(C)cc(C)c1)Nc1cc(C)cc(C)c1.CC.CC. The Labute approximate surface area is 210 Å². The number of rotatable bonds is 12. The Balaban J connectivity index is 0.00000258. The number of hydrogen-bond donors (Lipinski definition) is 2. The average Bonchev–Trinajstić information content (AvgIpc) is 2.77. The highest BCUT2D eigenvalue weighted by molar-refractivity contribution is 5.90. The number of anilines is 2. The summed E-state index contributed by atoms with van der Waals surface area (Å²) >= 11 is 0. The first-order valence-corrected chi connectivity index (χ1v) is 13.2. The van der Waals surface area contributed by atoms with Crippen LogP contribution in [0.1, 0.15) is 101 Å². The van der Waals surface area contributed by atoms with Crippen LogP contribution in [0, 0.1) is 27.7 Å². The molecular weight excluding hydrogens is 416 g/mol. The van der Waals surface area contributed by atoms with Crippen molar-refractivity contribution in [3.05, 3.63) is 70.9 Å². The molecule has 3 nitrogen and oxygen atoms in total. The van der Waals surface area contributed by atoms with Gasteiger partial charge in [-0.3, -0.25) is 4.79 Å². The first kappa shape index (κ1) is 31.4. The normalized spacial score (nSPS) is 9.76. The molecule has 0 fully saturated rings. The number of carbonyl (C=O) groups excluding carboxylic acids is 1. The number of benzene rings is 2. The van der Waals surface area contributed by atoms with Crippen molar-refractivity contribution < 1.29 is 4.79 Å². The molecular formula is C31H50N2O. The highest BCUT2D eigenvalue weighted by atomic mass is 16.1. The molecule has 2 aromatic rings. The fourth-order valence-corrected chi connectivity index (χ4v) is 3.91. The van der Waals surface area contributed by atoms with Crippen molar-refractivity contribution >= 4 is 17.3 Å². The molecule has 190 valence electrons. The van der Waals surface area contributed by atoms with E-state index in [1.165, 1.54) is 41.5 Å². The van der Waals surface area contributed by atoms with Crippen LogP contribution < -0.4 is 10.6 Å². The highest BCUT2D eigenvalue weighted by Crippen LogP contribution is 2.18. The molecule has 2 aromatic carbocycles. The summed E-state index contributed by atoms with van der Waals surface area (Å²) in [4.78, 5) is 12.1. The minimum absolute atomic E-state index is 0.119. The Morgan fingerprint density at radius 2 is 0.941 bits per heavy atom. The van der Waals surface area contributed by atoms with Crippen LogP contribution in [0.25, 0.3) is 0 Å². The van der Waals surface area contributed by atoms with Crippen LogP contribution in [0.3, 0.4) is 0 Å². The number of carbonyl (C=O) groups is 1. The monoisotopic (exact) mass is 466 g/mol. The van der Waals surface area contributed by atoms with Gasteiger partial charge >= 0.3 is 0 Å². The minimum atomic E-state index is 0.119. The third-order valence-electron chi connectivity index (χ3n) is 5.18. The lowest BCUT2D eigenvalue weighted by molar-refractivity contribution is -0.116. The largest absolute Gasteiger partial charge is 0.359 e. The second kappa shape index (κ2) is 18.8. The molecule has 0 radical (unpaired) electrons. The number of nitrogens with one attached hydrogen (secondary N) is 2. The van der Waals surface area contributed by atoms with E-state index < -0.39 is 0 Å². The van der Waals surface area contributed by atoms with E-state index in [9.17, 15) is 4.79 Å². The summed E-state index contributed by atoms with van der Waals surface area (Å²) in [7, 11) is 0. The summed E-state index contributed by atoms with van der Waals surface area (Å²) in [5.41, 5.74) is 8.03. The maximum absolute atomic E-state index is 12.1. The maximum atomic E-state index is 12.1. The quantitative estimate of drug-likeness (QED) is 0.306. The zero-order valence-electron chi connectivity index (χ0n) is 23.2. The van der Waals surface area contributed by atoms with E-state index in [2.05, 4.69) is 69.2 Å². The van der Waals surface area contributed by atoms with Gasteiger partial charge in [0.15, 0.2) is 0 Å². The molecule has 2 rings (SSSR count). The molecule has 0 saturated carbocycles. The van der Waals surface area contributed by atoms with Crippen molar-refractivity contribution in [2.75, 3.05) is 10.6 Å². The molecule has 0 aliphatic heterocycles. The van der Waals surface area contributed by atoms with Gasteiger partial charge in [-0.05, 0) is 93.5 Å². The molecule has 0 aliphatic rings. The number of amides is 1. The summed E-state index contributed by atoms with van der Waals surface area (Å²) in [5, 5.41) is 6.45. The van der Waals surface area contributed by atoms with Gasteiger partial charge in [0.05, 0.1) is 0 Å². The summed E-state index contributed by atoms with van der Waals surface area (Å²) in [6, 6.07) is 12.7. The summed E-state index contributed by atoms with van der Waals surface area (Å²) < 4.78 is 0. The van der Waals surface area contributed by atoms with Crippen LogP contribution in [0.15, 0.2) is 48.7 Å². The van der Waals surface area contributed by atoms with Gasteiger partial charge in [-0.15, -0.1) is 0 Å². The van der Waals surface area contributed by atoms with Gasteiger partial charge in [-0.2, -0.15) is 0 Å². The topological polar surface area (TPSA) is 41.1 Å². The molecule has 34 heavy (non-hydrogen) atoms. The van der Waals surface area contributed by atoms with Gasteiger partial charge in [-0.1, -0.05) is 72.1 Å². The van der Waals surface area contributed by atoms with Crippen molar-refractivity contribution in [3.8, 4) is 0 Å². The summed E-state index contributed by atoms with van der Waals surface area (Å²) in [6.45, 7) is 20.5. The van der Waals surface area contributed by atoms with Gasteiger partial charge in [-0.25, -0.2) is 0 Å². The van der Waals surface area contributed by atoms with Gasteiger partial charge in [0, 0.05) is 23.5 Å². The zero-order valence-corrected chi connectivity index (χ0v) is 23.2. The summed E-state index contributed by atoms with van der Waals surface area (Å²) in [6.07, 6.45) is 8.45. The molecule has 0 aliphatic carbocycles. The van der Waals surface area contributed by atoms with Crippen LogP contribution >= 0.6 is 0 Å². The fourth-order valence-electron chi connectivity index (χ4n) is 3.91. The van der Waals surface area contributed by atoms with Crippen LogP contribution in [-0.2, 0) is 4.79 Å². The van der Waals surface area contributed by atoms with E-state index in [1.54, 1.807) is 0 Å². The molecule has 0 saturated heterocycles. The molecule has 0 atom stereocenters. The lowest BCUT2D eigenvalue weighted by Crippen LogP contribution is -2.11. The average molecular weight is 467 g/mol. The molecule has 1 amide bonds. The van der Waals surface area contributed by atoms with Gasteiger partial charge in [0.1, 0.15) is 0 Å². The van der Waals surface area contributed by atoms with Crippen LogP contribution in [0.5, 0.6) is 0 Å². The highest BCUT2D eigenvalue weighted by Gasteiger charge is 2.04. The second-order valence-electron chi connectivity index (χ2n) is 8.65. The Morgan fingerprint density at radius 3 is 1.38 bits per heavy atom. The third-order valence-corrected chi connectivity index (χ3v) is 5.18. The van der Waals surface area contributed by atoms with Gasteiger partial charge in [0.25, 0.3) is 0 Å². The third kappa shape index (κ3) is 14.6. The number of hydrogen-bond acceptors (Lipinski definition) is 2. The first-order chi connectivity index (χ1) is 16.3. The molecule has 0 spiro atoms. The Morgan fingerprint density at radius 1 is 0.588 bits per heavy atom. The Bertz CT molecular complexity index is 743. The number of allylic oxidation sites excluding steroid dienone is 1. The Hall–Kier alpha value is -2.55. The van der Waals surface area contributed by atoms with Crippen molar-refractivity contribution in [1.82, 2.24) is 0 Å². The van der Waals surface area contributed by atoms with Crippen molar-refractivity contribution in [2.24, 2.45) is 0 Å². The van der Waals surface area contributed by atoms with Crippen LogP contribution in [-0.4, -0.2) is 5.91 Å². The maximum Gasteiger partial charge on any atom is 0.224 e. The first-order valence-electron chi connectivity index (χ1n) is 13.2. The van der Waals surface area contributed by atoms with Gasteiger partial charge < -0.3 is 10.6 Å². The smallest absolute Gasteiger partial charge is 0.224 e. The second-order valence-corrected chi connectivity index (χ2v) is 8.65. The van der Waals surface area contributed by atoms with Crippen LogP contribution in [0.2, 0.25) is 0 Å². The zero-order chi connectivity index (χ0) is 25.9. The number of aryl methyl sites for hydroxylation is 4. The van der Waals surface area contributed by atoms with Crippen molar-refractivity contribution in [3.63, 3.8) is 0 Å². The Kier molecular flexibility index (Phi) is 17.4. The minimum Gasteiger partial charge on any atom is -0.359 e. The van der Waals surface area contributed by atoms with Crippen LogP contribution in [0.4, 0.5) is 11.4 Å². The molecule has 0 bridgehead atoms. The van der Waals surface area contributed by atoms with E-state index in [4.69, 9.17) is 0 Å². The standard InChI is InChI=1S/C27H38N2O.2C2H6/c1-20-14-21(2)17-25(16-20)28-24(5)12-10-8-6-7-9-11-13-27(30)29-26-18-22(3)15-23(4)19-26;2*1-2/h14-19,28H,5-13H2,1-4H3,(H,29,30);2*1-2H3. The molecule has 2 N–H and O–H groups in total. The van der Waals surface area contributed by atoms with Crippen molar-refractivity contribution in [1.29, 1.82) is 0 Å². The molecule has 0 unspecified atom stereocenters. The number of unbranched alkanes of at least 4 members (excludes halogenated alkanes) is 5. The summed E-state index contributed by atoms with van der Waals surface area (Å²) in [5.74, 6) is 0.119. The van der Waals surface area contributed by atoms with E-state index >= 15 is 0 Å². The van der Waals surface area contributed by atoms with E-state index in [0.29, 0.717) is 6.42 Å². The molecule has 0 heterocycles. The lowest BCUT2D eigenvalue weighted by atomic mass is 10.1. The fraction of sp³-hybridized carbons (Fsp3) is 0.516. The molecule has 3 heteroatoms. The van der Waals surface area contributed by atoms with Crippen molar-refractivity contribution in [2.45, 2.75) is 107 Å². The van der Waals surface area contributed by atoms with E-state index in [-0.39, 0.29) is 5.91 Å².